The fourth-order valence-electron chi connectivity index (χ4n) is 2.95. The van der Waals surface area contributed by atoms with Crippen LogP contribution in [0.15, 0.2) is 47.8 Å². The highest BCUT2D eigenvalue weighted by Crippen LogP contribution is 2.34. The number of thiophene rings is 1. The van der Waals surface area contributed by atoms with Gasteiger partial charge >= 0.3 is 5.97 Å². The molecule has 34 heavy (non-hydrogen) atoms. The van der Waals surface area contributed by atoms with Crippen LogP contribution in [0.25, 0.3) is 0 Å². The Morgan fingerprint density at radius 2 is 1.76 bits per heavy atom. The fraction of sp³-hybridized carbons (Fsp3) is 0.208. The second kappa shape index (κ2) is 11.3. The number of anilines is 1. The van der Waals surface area contributed by atoms with Gasteiger partial charge in [0.05, 0.1) is 30.3 Å². The number of esters is 1. The van der Waals surface area contributed by atoms with Crippen molar-refractivity contribution in [3.8, 4) is 11.5 Å². The number of aryl methyl sites for hydroxylation is 1. The second-order valence-corrected chi connectivity index (χ2v) is 8.07. The first kappa shape index (κ1) is 24.7. The van der Waals surface area contributed by atoms with Gasteiger partial charge in [-0.15, -0.1) is 11.3 Å². The number of hydrogen-bond donors (Lipinski definition) is 2. The first-order chi connectivity index (χ1) is 16.3. The van der Waals surface area contributed by atoms with E-state index in [2.05, 4.69) is 10.6 Å². The van der Waals surface area contributed by atoms with Crippen molar-refractivity contribution in [1.29, 1.82) is 0 Å². The number of carbonyl (C=O) groups excluding carboxylic acids is 3. The number of rotatable bonds is 9. The van der Waals surface area contributed by atoms with Crippen molar-refractivity contribution in [1.82, 2.24) is 5.32 Å². The number of hydrogen-bond acceptors (Lipinski definition) is 7. The van der Waals surface area contributed by atoms with Gasteiger partial charge in [-0.1, -0.05) is 18.2 Å². The molecule has 0 atom stereocenters. The predicted octanol–water partition coefficient (Wildman–Crippen LogP) is 3.94. The molecule has 8 nitrogen and oxygen atoms in total. The molecule has 2 N–H and O–H groups in total. The SMILES string of the molecule is COc1cc(NC(=O)c2cccs2)c(C(=O)OCC(=O)NCc2ccc(C)c(F)c2)cc1OC. The molecule has 2 aromatic carbocycles. The molecule has 0 saturated carbocycles. The van der Waals surface area contributed by atoms with Crippen LogP contribution in [0.5, 0.6) is 11.5 Å². The maximum atomic E-state index is 13.6. The summed E-state index contributed by atoms with van der Waals surface area (Å²) in [4.78, 5) is 37.9. The Morgan fingerprint density at radius 3 is 2.41 bits per heavy atom. The van der Waals surface area contributed by atoms with Crippen LogP contribution < -0.4 is 20.1 Å². The van der Waals surface area contributed by atoms with Gasteiger partial charge in [-0.05, 0) is 35.6 Å². The van der Waals surface area contributed by atoms with Crippen LogP contribution in [0.2, 0.25) is 0 Å². The van der Waals surface area contributed by atoms with Crippen molar-refractivity contribution in [3.63, 3.8) is 0 Å². The highest BCUT2D eigenvalue weighted by atomic mass is 32.1. The number of nitrogens with one attached hydrogen (secondary N) is 2. The molecule has 3 rings (SSSR count). The summed E-state index contributed by atoms with van der Waals surface area (Å²) < 4.78 is 29.3. The third kappa shape index (κ3) is 6.10. The predicted molar refractivity (Wildman–Crippen MR) is 125 cm³/mol. The highest BCUT2D eigenvalue weighted by Gasteiger charge is 2.21. The summed E-state index contributed by atoms with van der Waals surface area (Å²) in [6.45, 7) is 1.15. The van der Waals surface area contributed by atoms with E-state index in [0.717, 1.165) is 0 Å². The summed E-state index contributed by atoms with van der Waals surface area (Å²) in [5, 5.41) is 6.98. The molecule has 0 unspecified atom stereocenters. The van der Waals surface area contributed by atoms with Crippen LogP contribution in [-0.4, -0.2) is 38.6 Å². The number of methoxy groups -OCH3 is 2. The van der Waals surface area contributed by atoms with E-state index in [0.29, 0.717) is 21.8 Å². The summed E-state index contributed by atoms with van der Waals surface area (Å²) in [5.74, 6) is -1.67. The lowest BCUT2D eigenvalue weighted by molar-refractivity contribution is -0.124. The van der Waals surface area contributed by atoms with E-state index >= 15 is 0 Å². The Kier molecular flexibility index (Phi) is 8.20. The monoisotopic (exact) mass is 486 g/mol. The zero-order valence-electron chi connectivity index (χ0n) is 18.8. The molecule has 0 aliphatic heterocycles. The lowest BCUT2D eigenvalue weighted by Gasteiger charge is -2.15. The van der Waals surface area contributed by atoms with Crippen LogP contribution in [0, 0.1) is 12.7 Å². The quantitative estimate of drug-likeness (QED) is 0.444. The Balaban J connectivity index is 1.69. The van der Waals surface area contributed by atoms with Crippen LogP contribution in [0.4, 0.5) is 10.1 Å². The molecular formula is C24H23FN2O6S. The lowest BCUT2D eigenvalue weighted by atomic mass is 10.1. The van der Waals surface area contributed by atoms with Crippen LogP contribution in [0.3, 0.4) is 0 Å². The standard InChI is InChI=1S/C24H23FN2O6S/c1-14-6-7-15(9-17(14)25)12-26-22(28)13-33-24(30)16-10-19(31-2)20(32-3)11-18(16)27-23(29)21-5-4-8-34-21/h4-11H,12-13H2,1-3H3,(H,26,28)(H,27,29). The summed E-state index contributed by atoms with van der Waals surface area (Å²) in [6, 6.07) is 10.8. The molecule has 0 fully saturated rings. The third-order valence-electron chi connectivity index (χ3n) is 4.80. The third-order valence-corrected chi connectivity index (χ3v) is 5.67. The van der Waals surface area contributed by atoms with E-state index in [9.17, 15) is 18.8 Å². The Bertz CT molecular complexity index is 1200. The number of amides is 2. The van der Waals surface area contributed by atoms with E-state index in [-0.39, 0.29) is 29.4 Å². The Hall–Kier alpha value is -3.92. The minimum atomic E-state index is -0.848. The van der Waals surface area contributed by atoms with Crippen molar-refractivity contribution in [2.75, 3.05) is 26.1 Å². The molecule has 1 heterocycles. The first-order valence-electron chi connectivity index (χ1n) is 10.1. The number of ether oxygens (including phenoxy) is 3. The molecule has 10 heteroatoms. The summed E-state index contributed by atoms with van der Waals surface area (Å²) in [6.07, 6.45) is 0. The van der Waals surface area contributed by atoms with Crippen LogP contribution >= 0.6 is 11.3 Å². The molecule has 0 saturated heterocycles. The molecule has 1 aromatic heterocycles. The minimum absolute atomic E-state index is 0.0176. The molecule has 0 spiro atoms. The van der Waals surface area contributed by atoms with Crippen molar-refractivity contribution in [2.45, 2.75) is 13.5 Å². The Labute approximate surface area is 199 Å². The van der Waals surface area contributed by atoms with Gasteiger partial charge in [0.1, 0.15) is 5.82 Å². The van der Waals surface area contributed by atoms with Gasteiger partial charge in [-0.25, -0.2) is 9.18 Å². The molecule has 0 radical (unpaired) electrons. The average molecular weight is 487 g/mol. The maximum Gasteiger partial charge on any atom is 0.340 e. The molecule has 0 bridgehead atoms. The van der Waals surface area contributed by atoms with Gasteiger partial charge in [0, 0.05) is 18.7 Å². The van der Waals surface area contributed by atoms with E-state index in [1.54, 1.807) is 36.6 Å². The van der Waals surface area contributed by atoms with Gasteiger partial charge in [-0.2, -0.15) is 0 Å². The largest absolute Gasteiger partial charge is 0.493 e. The summed E-state index contributed by atoms with van der Waals surface area (Å²) in [7, 11) is 2.82. The van der Waals surface area contributed by atoms with Gasteiger partial charge in [-0.3, -0.25) is 9.59 Å². The molecule has 3 aromatic rings. The van der Waals surface area contributed by atoms with Crippen molar-refractivity contribution in [2.24, 2.45) is 0 Å². The highest BCUT2D eigenvalue weighted by molar-refractivity contribution is 7.12. The zero-order valence-corrected chi connectivity index (χ0v) is 19.6. The van der Waals surface area contributed by atoms with Gasteiger partial charge < -0.3 is 24.8 Å². The molecule has 0 aliphatic carbocycles. The van der Waals surface area contributed by atoms with Gasteiger partial charge in [0.2, 0.25) is 0 Å². The van der Waals surface area contributed by atoms with Gasteiger partial charge in [0.15, 0.2) is 18.1 Å². The maximum absolute atomic E-state index is 13.6. The first-order valence-corrected chi connectivity index (χ1v) is 11.0. The number of halogens is 1. The molecule has 2 amide bonds. The van der Waals surface area contributed by atoms with E-state index < -0.39 is 24.4 Å². The fourth-order valence-corrected chi connectivity index (χ4v) is 3.57. The van der Waals surface area contributed by atoms with E-state index in [1.165, 1.54) is 43.8 Å². The van der Waals surface area contributed by atoms with E-state index in [1.807, 2.05) is 0 Å². The number of benzene rings is 2. The zero-order chi connectivity index (χ0) is 24.7. The number of carbonyl (C=O) groups is 3. The molecular weight excluding hydrogens is 463 g/mol. The van der Waals surface area contributed by atoms with Gasteiger partial charge in [0.25, 0.3) is 11.8 Å². The minimum Gasteiger partial charge on any atom is -0.493 e. The lowest BCUT2D eigenvalue weighted by Crippen LogP contribution is -2.28. The van der Waals surface area contributed by atoms with Crippen LogP contribution in [-0.2, 0) is 16.1 Å². The normalized spacial score (nSPS) is 10.4. The van der Waals surface area contributed by atoms with Crippen molar-refractivity contribution < 1.29 is 33.0 Å². The van der Waals surface area contributed by atoms with Crippen LogP contribution in [0.1, 0.15) is 31.2 Å². The topological polar surface area (TPSA) is 103 Å². The summed E-state index contributed by atoms with van der Waals surface area (Å²) in [5.41, 5.74) is 1.19. The summed E-state index contributed by atoms with van der Waals surface area (Å²) >= 11 is 1.24. The average Bonchev–Trinajstić information content (AvgIpc) is 3.38. The van der Waals surface area contributed by atoms with Crippen molar-refractivity contribution in [3.05, 3.63) is 75.2 Å². The molecule has 0 aliphatic rings. The smallest absolute Gasteiger partial charge is 0.340 e. The molecule has 178 valence electrons. The van der Waals surface area contributed by atoms with E-state index in [4.69, 9.17) is 14.2 Å². The van der Waals surface area contributed by atoms with Crippen molar-refractivity contribution >= 4 is 34.8 Å². The Morgan fingerprint density at radius 1 is 1.03 bits per heavy atom. The second-order valence-electron chi connectivity index (χ2n) is 7.12.